The number of carbonyl (C=O) groups is 1. The number of carbonyl (C=O) groups excluding carboxylic acids is 1. The Balaban J connectivity index is 1.69. The minimum Gasteiger partial charge on any atom is -0.465 e. The Morgan fingerprint density at radius 2 is 2.26 bits per heavy atom. The van der Waals surface area contributed by atoms with Crippen LogP contribution in [0.1, 0.15) is 36.7 Å². The highest BCUT2D eigenvalue weighted by Crippen LogP contribution is 2.36. The van der Waals surface area contributed by atoms with Crippen LogP contribution in [-0.4, -0.2) is 33.4 Å². The minimum absolute atomic E-state index is 0.0401. The van der Waals surface area contributed by atoms with Crippen LogP contribution < -0.4 is 5.32 Å². The van der Waals surface area contributed by atoms with Crippen molar-refractivity contribution >= 4 is 5.91 Å². The molecule has 1 aliphatic rings. The molecule has 3 heterocycles. The van der Waals surface area contributed by atoms with Gasteiger partial charge in [0.2, 0.25) is 5.91 Å². The number of likely N-dealkylation sites (tertiary alicyclic amines) is 1. The summed E-state index contributed by atoms with van der Waals surface area (Å²) >= 11 is 0. The van der Waals surface area contributed by atoms with Crippen molar-refractivity contribution in [3.63, 3.8) is 0 Å². The number of aromatic nitrogens is 2. The highest BCUT2D eigenvalue weighted by atomic mass is 16.3. The molecule has 1 amide bonds. The Hall–Kier alpha value is -2.08. The van der Waals surface area contributed by atoms with Crippen LogP contribution >= 0.6 is 0 Å². The van der Waals surface area contributed by atoms with E-state index in [1.54, 1.807) is 6.20 Å². The maximum absolute atomic E-state index is 12.3. The first-order chi connectivity index (χ1) is 11.1. The second kappa shape index (κ2) is 6.58. The number of imidazole rings is 1. The predicted octanol–water partition coefficient (Wildman–Crippen LogP) is 2.02. The number of rotatable bonds is 6. The van der Waals surface area contributed by atoms with E-state index in [0.29, 0.717) is 19.5 Å². The van der Waals surface area contributed by atoms with Gasteiger partial charge in [-0.3, -0.25) is 4.79 Å². The first-order valence-corrected chi connectivity index (χ1v) is 8.13. The van der Waals surface area contributed by atoms with Crippen LogP contribution in [0.2, 0.25) is 0 Å². The van der Waals surface area contributed by atoms with Crippen molar-refractivity contribution in [2.75, 3.05) is 13.1 Å². The summed E-state index contributed by atoms with van der Waals surface area (Å²) in [6, 6.07) is 3.99. The fourth-order valence-electron chi connectivity index (χ4n) is 3.39. The van der Waals surface area contributed by atoms with Crippen molar-refractivity contribution in [1.29, 1.82) is 0 Å². The molecule has 0 aromatic carbocycles. The molecule has 0 radical (unpaired) electrons. The fraction of sp³-hybridized carbons (Fsp3) is 0.529. The van der Waals surface area contributed by atoms with E-state index in [9.17, 15) is 4.79 Å². The van der Waals surface area contributed by atoms with Crippen molar-refractivity contribution in [3.8, 4) is 0 Å². The second-order valence-electron chi connectivity index (χ2n) is 6.13. The maximum atomic E-state index is 12.3. The Kier molecular flexibility index (Phi) is 4.52. The van der Waals surface area contributed by atoms with Crippen molar-refractivity contribution in [1.82, 2.24) is 19.8 Å². The number of amides is 1. The summed E-state index contributed by atoms with van der Waals surface area (Å²) in [5, 5.41) is 3.42. The molecule has 6 nitrogen and oxygen atoms in total. The van der Waals surface area contributed by atoms with Gasteiger partial charge in [-0.15, -0.1) is 0 Å². The average Bonchev–Trinajstić information content (AvgIpc) is 3.19. The fourth-order valence-corrected chi connectivity index (χ4v) is 3.39. The molecular weight excluding hydrogens is 292 g/mol. The summed E-state index contributed by atoms with van der Waals surface area (Å²) in [7, 11) is 1.98. The zero-order valence-corrected chi connectivity index (χ0v) is 14.0. The molecule has 2 aromatic rings. The molecular formula is C17H24N4O2. The lowest BCUT2D eigenvalue weighted by Gasteiger charge is -2.27. The van der Waals surface area contributed by atoms with Crippen LogP contribution in [0.25, 0.3) is 0 Å². The summed E-state index contributed by atoms with van der Waals surface area (Å²) < 4.78 is 7.58. The van der Waals surface area contributed by atoms with Gasteiger partial charge in [0.05, 0.1) is 12.6 Å². The van der Waals surface area contributed by atoms with Crippen LogP contribution in [0, 0.1) is 12.8 Å². The van der Waals surface area contributed by atoms with Gasteiger partial charge in [-0.05, 0) is 26.0 Å². The van der Waals surface area contributed by atoms with Gasteiger partial charge < -0.3 is 19.2 Å². The summed E-state index contributed by atoms with van der Waals surface area (Å²) in [6.45, 7) is 6.12. The van der Waals surface area contributed by atoms with Crippen molar-refractivity contribution in [3.05, 3.63) is 41.9 Å². The van der Waals surface area contributed by atoms with E-state index in [1.165, 1.54) is 0 Å². The van der Waals surface area contributed by atoms with Gasteiger partial charge in [0, 0.05) is 44.9 Å². The summed E-state index contributed by atoms with van der Waals surface area (Å²) in [6.07, 6.45) is 4.29. The summed E-state index contributed by atoms with van der Waals surface area (Å²) in [4.78, 5) is 18.7. The molecule has 124 valence electrons. The monoisotopic (exact) mass is 316 g/mol. The number of nitrogens with one attached hydrogen (secondary N) is 1. The third kappa shape index (κ3) is 3.17. The third-order valence-electron chi connectivity index (χ3n) is 4.50. The highest BCUT2D eigenvalue weighted by molar-refractivity contribution is 5.79. The van der Waals surface area contributed by atoms with Crippen molar-refractivity contribution < 1.29 is 9.21 Å². The van der Waals surface area contributed by atoms with E-state index in [0.717, 1.165) is 23.9 Å². The Morgan fingerprint density at radius 3 is 2.87 bits per heavy atom. The largest absolute Gasteiger partial charge is 0.465 e. The van der Waals surface area contributed by atoms with Gasteiger partial charge in [0.15, 0.2) is 0 Å². The number of hydrogen-bond donors (Lipinski definition) is 1. The Morgan fingerprint density at radius 1 is 1.43 bits per heavy atom. The van der Waals surface area contributed by atoms with Crippen LogP contribution in [0.15, 0.2) is 28.9 Å². The lowest BCUT2D eigenvalue weighted by molar-refractivity contribution is -0.128. The maximum Gasteiger partial charge on any atom is 0.223 e. The molecule has 3 rings (SSSR count). The van der Waals surface area contributed by atoms with Gasteiger partial charge in [-0.25, -0.2) is 4.98 Å². The van der Waals surface area contributed by atoms with Gasteiger partial charge >= 0.3 is 0 Å². The second-order valence-corrected chi connectivity index (χ2v) is 6.13. The molecule has 0 aliphatic carbocycles. The molecule has 2 aromatic heterocycles. The Labute approximate surface area is 136 Å². The van der Waals surface area contributed by atoms with E-state index < -0.39 is 0 Å². The zero-order chi connectivity index (χ0) is 16.4. The average molecular weight is 316 g/mol. The summed E-state index contributed by atoms with van der Waals surface area (Å²) in [5.41, 5.74) is 0. The quantitative estimate of drug-likeness (QED) is 0.885. The number of nitrogens with zero attached hydrogens (tertiary/aromatic N) is 3. The predicted molar refractivity (Wildman–Crippen MR) is 86.6 cm³/mol. The molecule has 0 spiro atoms. The standard InChI is InChI=1S/C17H24N4O2/c1-4-21-15(22)9-13(16(21)17-19-7-8-20(17)3)10-18-11-14-6-5-12(2)23-14/h5-8,13,16,18H,4,9-11H2,1-3H3/t13-,16+/m0/s1. The molecule has 1 saturated heterocycles. The molecule has 2 atom stereocenters. The smallest absolute Gasteiger partial charge is 0.223 e. The topological polar surface area (TPSA) is 63.3 Å². The van der Waals surface area contributed by atoms with Gasteiger partial charge in [0.1, 0.15) is 17.3 Å². The SMILES string of the molecule is CCN1C(=O)C[C@@H](CNCc2ccc(C)o2)[C@@H]1c1nccn1C. The molecule has 1 aliphatic heterocycles. The first-order valence-electron chi connectivity index (χ1n) is 8.13. The van der Waals surface area contributed by atoms with E-state index in [4.69, 9.17) is 4.42 Å². The van der Waals surface area contributed by atoms with E-state index in [2.05, 4.69) is 10.3 Å². The van der Waals surface area contributed by atoms with Gasteiger partial charge in [0.25, 0.3) is 0 Å². The molecule has 0 unspecified atom stereocenters. The van der Waals surface area contributed by atoms with E-state index in [1.807, 2.05) is 48.7 Å². The van der Waals surface area contributed by atoms with Gasteiger partial charge in [-0.1, -0.05) is 0 Å². The molecule has 0 bridgehead atoms. The molecule has 1 fully saturated rings. The first kappa shape index (κ1) is 15.8. The Bertz CT molecular complexity index is 676. The number of furan rings is 1. The summed E-state index contributed by atoms with van der Waals surface area (Å²) in [5.74, 6) is 3.23. The zero-order valence-electron chi connectivity index (χ0n) is 14.0. The molecule has 23 heavy (non-hydrogen) atoms. The minimum atomic E-state index is 0.0401. The highest BCUT2D eigenvalue weighted by Gasteiger charge is 2.41. The molecule has 1 N–H and O–H groups in total. The molecule has 0 saturated carbocycles. The van der Waals surface area contributed by atoms with Crippen LogP contribution in [-0.2, 0) is 18.4 Å². The van der Waals surface area contributed by atoms with Crippen LogP contribution in [0.4, 0.5) is 0 Å². The van der Waals surface area contributed by atoms with Crippen LogP contribution in [0.3, 0.4) is 0 Å². The van der Waals surface area contributed by atoms with Crippen molar-refractivity contribution in [2.45, 2.75) is 32.9 Å². The van der Waals surface area contributed by atoms with Gasteiger partial charge in [-0.2, -0.15) is 0 Å². The third-order valence-corrected chi connectivity index (χ3v) is 4.50. The molecule has 6 heteroatoms. The van der Waals surface area contributed by atoms with E-state index >= 15 is 0 Å². The van der Waals surface area contributed by atoms with Crippen molar-refractivity contribution in [2.24, 2.45) is 13.0 Å². The van der Waals surface area contributed by atoms with Crippen LogP contribution in [0.5, 0.6) is 0 Å². The number of aryl methyl sites for hydroxylation is 2. The lowest BCUT2D eigenvalue weighted by Crippen LogP contribution is -2.33. The normalized spacial score (nSPS) is 21.3. The number of hydrogen-bond acceptors (Lipinski definition) is 4. The van der Waals surface area contributed by atoms with E-state index in [-0.39, 0.29) is 17.9 Å². The lowest BCUT2D eigenvalue weighted by atomic mass is 9.99.